The first-order chi connectivity index (χ1) is 18.3. The van der Waals surface area contributed by atoms with Crippen molar-refractivity contribution in [2.24, 2.45) is 11.7 Å². The summed E-state index contributed by atoms with van der Waals surface area (Å²) < 4.78 is 10.7. The highest BCUT2D eigenvalue weighted by Gasteiger charge is 2.64. The van der Waals surface area contributed by atoms with Gasteiger partial charge in [-0.05, 0) is 74.6 Å². The fourth-order valence-electron chi connectivity index (χ4n) is 6.52. The number of Topliss-reactive ketones (excluding diaryl/α,β-unsaturated/α-hetero) is 1. The van der Waals surface area contributed by atoms with Crippen molar-refractivity contribution in [2.45, 2.75) is 75.5 Å². The van der Waals surface area contributed by atoms with Gasteiger partial charge in [0.25, 0.3) is 0 Å². The number of aryl methyl sites for hydroxylation is 1. The minimum absolute atomic E-state index is 0.112. The van der Waals surface area contributed by atoms with Gasteiger partial charge in [-0.1, -0.05) is 48.9 Å². The van der Waals surface area contributed by atoms with Gasteiger partial charge >= 0.3 is 11.9 Å². The number of carbonyl (C=O) groups excluding carboxylic acids is 3. The number of methoxy groups -OCH3 is 1. The van der Waals surface area contributed by atoms with Crippen LogP contribution in [0.3, 0.4) is 0 Å². The number of hydrogen-bond donors (Lipinski definition) is 2. The van der Waals surface area contributed by atoms with Gasteiger partial charge in [-0.3, -0.25) is 19.3 Å². The van der Waals surface area contributed by atoms with Crippen LogP contribution in [0, 0.1) is 5.92 Å². The second-order valence-electron chi connectivity index (χ2n) is 10.3. The van der Waals surface area contributed by atoms with Crippen LogP contribution < -0.4 is 5.73 Å². The van der Waals surface area contributed by atoms with Crippen molar-refractivity contribution in [1.29, 1.82) is 0 Å². The number of ether oxygens (including phenoxy) is 2. The molecule has 1 heterocycles. The molecular weight excluding hydrogens is 484 g/mol. The Balaban J connectivity index is 1.71. The Morgan fingerprint density at radius 1 is 1.11 bits per heavy atom. The zero-order chi connectivity index (χ0) is 27.3. The Kier molecular flexibility index (Phi) is 8.84. The summed E-state index contributed by atoms with van der Waals surface area (Å²) in [5, 5.41) is 9.63. The zero-order valence-corrected chi connectivity index (χ0v) is 22.2. The molecule has 8 nitrogen and oxygen atoms in total. The van der Waals surface area contributed by atoms with E-state index in [4.69, 9.17) is 15.2 Å². The van der Waals surface area contributed by atoms with Crippen molar-refractivity contribution in [3.05, 3.63) is 65.7 Å². The molecule has 0 bridgehead atoms. The van der Waals surface area contributed by atoms with Gasteiger partial charge in [0.15, 0.2) is 5.78 Å². The fourth-order valence-corrected chi connectivity index (χ4v) is 6.52. The maximum atomic E-state index is 14.3. The standard InChI is InChI=1S/C30H38N2O6/c1-3-38-29(36)25(16-13-20-8-5-4-6-9-20)32-26(28(35)37-2)19-22-10-7-17-30(22,32)27(34)24(31)18-21-11-14-23(33)15-12-21/h4-6,8-9,11-12,14-15,22,24-26,33H,3,7,10,13,16-19,31H2,1-2H3/t22-,24?,25-,26-,30-/m0/s1. The number of likely N-dealkylation sites (tertiary alicyclic amines) is 1. The maximum Gasteiger partial charge on any atom is 0.323 e. The topological polar surface area (TPSA) is 119 Å². The molecule has 4 rings (SSSR count). The number of esters is 2. The van der Waals surface area contributed by atoms with Crippen LogP contribution in [0.4, 0.5) is 0 Å². The van der Waals surface area contributed by atoms with Crippen LogP contribution in [0.5, 0.6) is 5.75 Å². The average molecular weight is 523 g/mol. The predicted molar refractivity (Wildman–Crippen MR) is 142 cm³/mol. The van der Waals surface area contributed by atoms with Crippen LogP contribution in [0.15, 0.2) is 54.6 Å². The number of phenols is 1. The number of carbonyl (C=O) groups is 3. The summed E-state index contributed by atoms with van der Waals surface area (Å²) in [5.41, 5.74) is 7.40. The Morgan fingerprint density at radius 3 is 2.47 bits per heavy atom. The van der Waals surface area contributed by atoms with E-state index in [1.165, 1.54) is 7.11 Å². The molecule has 0 aromatic heterocycles. The van der Waals surface area contributed by atoms with Crippen molar-refractivity contribution in [1.82, 2.24) is 4.90 Å². The molecule has 1 aliphatic carbocycles. The van der Waals surface area contributed by atoms with Crippen LogP contribution in [-0.2, 0) is 36.7 Å². The van der Waals surface area contributed by atoms with Crippen LogP contribution in [-0.4, -0.2) is 65.1 Å². The predicted octanol–water partition coefficient (Wildman–Crippen LogP) is 3.18. The molecule has 0 amide bonds. The molecule has 1 unspecified atom stereocenters. The number of phenolic OH excluding ortho intramolecular Hbond substituents is 1. The van der Waals surface area contributed by atoms with E-state index >= 15 is 0 Å². The van der Waals surface area contributed by atoms with Gasteiger partial charge in [0.2, 0.25) is 0 Å². The molecule has 1 saturated heterocycles. The first-order valence-corrected chi connectivity index (χ1v) is 13.5. The fraction of sp³-hybridized carbons (Fsp3) is 0.500. The molecule has 2 fully saturated rings. The van der Waals surface area contributed by atoms with E-state index in [0.717, 1.165) is 24.0 Å². The summed E-state index contributed by atoms with van der Waals surface area (Å²) in [6, 6.07) is 14.1. The van der Waals surface area contributed by atoms with E-state index in [2.05, 4.69) is 0 Å². The second-order valence-corrected chi connectivity index (χ2v) is 10.3. The molecule has 0 spiro atoms. The smallest absolute Gasteiger partial charge is 0.323 e. The Labute approximate surface area is 224 Å². The van der Waals surface area contributed by atoms with Crippen LogP contribution in [0.25, 0.3) is 0 Å². The Hall–Kier alpha value is -3.23. The van der Waals surface area contributed by atoms with E-state index in [1.807, 2.05) is 35.2 Å². The number of hydrogen-bond acceptors (Lipinski definition) is 8. The highest BCUT2D eigenvalue weighted by atomic mass is 16.5. The van der Waals surface area contributed by atoms with Crippen molar-refractivity contribution in [3.8, 4) is 5.75 Å². The number of nitrogens with two attached hydrogens (primary N) is 1. The monoisotopic (exact) mass is 522 g/mol. The van der Waals surface area contributed by atoms with Gasteiger partial charge in [-0.2, -0.15) is 0 Å². The third kappa shape index (κ3) is 5.47. The lowest BCUT2D eigenvalue weighted by atomic mass is 9.79. The molecule has 2 aliphatic rings. The molecule has 3 N–H and O–H groups in total. The van der Waals surface area contributed by atoms with Crippen molar-refractivity contribution in [2.75, 3.05) is 13.7 Å². The van der Waals surface area contributed by atoms with Crippen molar-refractivity contribution in [3.63, 3.8) is 0 Å². The molecule has 38 heavy (non-hydrogen) atoms. The largest absolute Gasteiger partial charge is 0.508 e. The summed E-state index contributed by atoms with van der Waals surface area (Å²) in [6.45, 7) is 1.95. The lowest BCUT2D eigenvalue weighted by Gasteiger charge is -2.44. The Bertz CT molecular complexity index is 1120. The first-order valence-electron chi connectivity index (χ1n) is 13.5. The lowest BCUT2D eigenvalue weighted by Crippen LogP contribution is -2.64. The van der Waals surface area contributed by atoms with Gasteiger partial charge in [-0.25, -0.2) is 0 Å². The van der Waals surface area contributed by atoms with E-state index in [0.29, 0.717) is 32.1 Å². The average Bonchev–Trinajstić information content (AvgIpc) is 3.48. The molecule has 2 aromatic rings. The summed E-state index contributed by atoms with van der Waals surface area (Å²) in [6.07, 6.45) is 3.81. The normalized spacial score (nSPS) is 24.4. The third-order valence-corrected chi connectivity index (χ3v) is 8.16. The van der Waals surface area contributed by atoms with Crippen molar-refractivity contribution >= 4 is 17.7 Å². The van der Waals surface area contributed by atoms with E-state index < -0.39 is 35.6 Å². The highest BCUT2D eigenvalue weighted by Crippen LogP contribution is 2.52. The molecule has 8 heteroatoms. The van der Waals surface area contributed by atoms with E-state index in [-0.39, 0.29) is 24.1 Å². The Morgan fingerprint density at radius 2 is 1.82 bits per heavy atom. The maximum absolute atomic E-state index is 14.3. The summed E-state index contributed by atoms with van der Waals surface area (Å²) in [4.78, 5) is 42.7. The molecule has 2 aromatic carbocycles. The number of rotatable bonds is 11. The molecule has 1 aliphatic heterocycles. The SMILES string of the molecule is CCOC(=O)[C@H](CCc1ccccc1)N1[C@H](C(=O)OC)C[C@@H]2CCC[C@@]21C(=O)C(N)Cc1ccc(O)cc1. The summed E-state index contributed by atoms with van der Waals surface area (Å²) >= 11 is 0. The van der Waals surface area contributed by atoms with Crippen LogP contribution >= 0.6 is 0 Å². The summed E-state index contributed by atoms with van der Waals surface area (Å²) in [5.74, 6) is -1.02. The highest BCUT2D eigenvalue weighted by molar-refractivity contribution is 5.96. The van der Waals surface area contributed by atoms with Gasteiger partial charge in [-0.15, -0.1) is 0 Å². The summed E-state index contributed by atoms with van der Waals surface area (Å²) in [7, 11) is 1.34. The quantitative estimate of drug-likeness (QED) is 0.432. The number of fused-ring (bicyclic) bond motifs is 1. The van der Waals surface area contributed by atoms with Crippen LogP contribution in [0.2, 0.25) is 0 Å². The minimum atomic E-state index is -1.05. The third-order valence-electron chi connectivity index (χ3n) is 8.16. The van der Waals surface area contributed by atoms with E-state index in [9.17, 15) is 19.5 Å². The van der Waals surface area contributed by atoms with Gasteiger partial charge < -0.3 is 20.3 Å². The van der Waals surface area contributed by atoms with Gasteiger partial charge in [0.05, 0.1) is 25.3 Å². The lowest BCUT2D eigenvalue weighted by molar-refractivity contribution is -0.161. The van der Waals surface area contributed by atoms with Crippen molar-refractivity contribution < 1.29 is 29.0 Å². The second kappa shape index (κ2) is 12.1. The van der Waals surface area contributed by atoms with Crippen LogP contribution in [0.1, 0.15) is 50.2 Å². The number of nitrogens with zero attached hydrogens (tertiary/aromatic N) is 1. The number of ketones is 1. The number of aromatic hydroxyl groups is 1. The molecule has 5 atom stereocenters. The first kappa shape index (κ1) is 27.8. The molecule has 204 valence electrons. The molecule has 1 saturated carbocycles. The van der Waals surface area contributed by atoms with Gasteiger partial charge in [0, 0.05) is 0 Å². The minimum Gasteiger partial charge on any atom is -0.508 e. The molecular formula is C30H38N2O6. The molecule has 0 radical (unpaired) electrons. The van der Waals surface area contributed by atoms with Gasteiger partial charge in [0.1, 0.15) is 17.8 Å². The van der Waals surface area contributed by atoms with E-state index in [1.54, 1.807) is 31.2 Å². The number of benzene rings is 2. The zero-order valence-electron chi connectivity index (χ0n) is 22.2.